The summed E-state index contributed by atoms with van der Waals surface area (Å²) in [5, 5.41) is 3.33. The van der Waals surface area contributed by atoms with E-state index in [9.17, 15) is 16.8 Å². The average Bonchev–Trinajstić information content (AvgIpc) is 2.87. The van der Waals surface area contributed by atoms with Gasteiger partial charge in [0.1, 0.15) is 0 Å². The third-order valence-electron chi connectivity index (χ3n) is 5.81. The summed E-state index contributed by atoms with van der Waals surface area (Å²) in [6.45, 7) is 4.69. The molecule has 0 aliphatic carbocycles. The van der Waals surface area contributed by atoms with Crippen LogP contribution in [0, 0.1) is 0 Å². The van der Waals surface area contributed by atoms with Crippen LogP contribution in [-0.4, -0.2) is 72.0 Å². The number of hydrogen-bond donors (Lipinski definition) is 1. The quantitative estimate of drug-likeness (QED) is 0.469. The van der Waals surface area contributed by atoms with Crippen molar-refractivity contribution in [2.75, 3.05) is 38.7 Å². The first-order valence-electron chi connectivity index (χ1n) is 12.4. The summed E-state index contributed by atoms with van der Waals surface area (Å²) in [7, 11) is -1.73. The molecule has 2 aliphatic heterocycles. The van der Waals surface area contributed by atoms with E-state index in [0.29, 0.717) is 25.8 Å². The van der Waals surface area contributed by atoms with Gasteiger partial charge in [-0.05, 0) is 49.9 Å². The largest absolute Gasteiger partial charge is 0.373 e. The summed E-state index contributed by atoms with van der Waals surface area (Å²) in [5.41, 5.74) is 2.43. The Labute approximate surface area is 238 Å². The normalized spacial score (nSPS) is 17.2. The zero-order valence-electron chi connectivity index (χ0n) is 22.0. The predicted octanol–water partition coefficient (Wildman–Crippen LogP) is 4.19. The van der Waals surface area contributed by atoms with Crippen LogP contribution >= 0.6 is 23.1 Å². The van der Waals surface area contributed by atoms with Gasteiger partial charge < -0.3 is 14.8 Å². The van der Waals surface area contributed by atoms with Crippen molar-refractivity contribution < 1.29 is 26.3 Å². The molecule has 216 valence electrons. The Hall–Kier alpha value is -1.24. The molecule has 2 aromatic carbocycles. The first-order valence-corrected chi connectivity index (χ1v) is 16.9. The number of hydrogen-bond acceptors (Lipinski definition) is 7. The molecule has 0 atom stereocenters. The van der Waals surface area contributed by atoms with Crippen LogP contribution in [0.5, 0.6) is 0 Å². The van der Waals surface area contributed by atoms with Crippen LogP contribution in [0.25, 0.3) is 0 Å². The first-order chi connectivity index (χ1) is 17.5. The van der Waals surface area contributed by atoms with E-state index in [1.54, 1.807) is 0 Å². The number of sulfonamides is 1. The minimum atomic E-state index is -3.19. The first kappa shape index (κ1) is 34.8. The van der Waals surface area contributed by atoms with Gasteiger partial charge in [-0.25, -0.2) is 21.1 Å². The molecule has 2 fully saturated rings. The molecule has 1 N–H and O–H groups in total. The summed E-state index contributed by atoms with van der Waals surface area (Å²) in [6.07, 6.45) is 6.66. The highest BCUT2D eigenvalue weighted by atomic mass is 35.7. The van der Waals surface area contributed by atoms with Gasteiger partial charge in [0, 0.05) is 23.8 Å². The molecular weight excluding hydrogens is 571 g/mol. The van der Waals surface area contributed by atoms with Gasteiger partial charge in [0.05, 0.1) is 37.9 Å². The van der Waals surface area contributed by atoms with Gasteiger partial charge in [-0.2, -0.15) is 0 Å². The van der Waals surface area contributed by atoms with Gasteiger partial charge in [-0.3, -0.25) is 0 Å². The van der Waals surface area contributed by atoms with Crippen LogP contribution in [0.1, 0.15) is 36.8 Å². The van der Waals surface area contributed by atoms with Crippen molar-refractivity contribution >= 4 is 42.2 Å². The topological polar surface area (TPSA) is 102 Å². The maximum atomic E-state index is 11.4. The van der Waals surface area contributed by atoms with Gasteiger partial charge in [-0.15, -0.1) is 12.4 Å². The van der Waals surface area contributed by atoms with E-state index < -0.39 is 19.1 Å². The fourth-order valence-electron chi connectivity index (χ4n) is 3.87. The van der Waals surface area contributed by atoms with Crippen molar-refractivity contribution in [2.24, 2.45) is 0 Å². The van der Waals surface area contributed by atoms with E-state index in [1.165, 1.54) is 16.1 Å². The second-order valence-corrected chi connectivity index (χ2v) is 14.1. The molecule has 0 amide bonds. The Morgan fingerprint density at radius 1 is 0.763 bits per heavy atom. The Morgan fingerprint density at radius 3 is 1.50 bits per heavy atom. The van der Waals surface area contributed by atoms with E-state index >= 15 is 0 Å². The maximum absolute atomic E-state index is 11.4. The van der Waals surface area contributed by atoms with Crippen molar-refractivity contribution in [1.82, 2.24) is 9.62 Å². The van der Waals surface area contributed by atoms with E-state index in [-0.39, 0.29) is 18.5 Å². The Balaban J connectivity index is 0.000000322. The van der Waals surface area contributed by atoms with Crippen molar-refractivity contribution in [1.29, 1.82) is 0 Å². The number of halogens is 2. The van der Waals surface area contributed by atoms with E-state index in [0.717, 1.165) is 57.2 Å². The van der Waals surface area contributed by atoms with Crippen LogP contribution in [0.2, 0.25) is 0 Å². The monoisotopic (exact) mass is 610 g/mol. The minimum absolute atomic E-state index is 0. The molecule has 0 radical (unpaired) electrons. The molecular formula is C26H40Cl2N2O6S2. The van der Waals surface area contributed by atoms with Crippen molar-refractivity contribution in [2.45, 2.75) is 51.1 Å². The highest BCUT2D eigenvalue weighted by Gasteiger charge is 2.25. The molecule has 0 unspecified atom stereocenters. The third-order valence-corrected chi connectivity index (χ3v) is 7.12. The molecule has 2 aliphatic rings. The van der Waals surface area contributed by atoms with Gasteiger partial charge in [-0.1, -0.05) is 60.7 Å². The molecule has 38 heavy (non-hydrogen) atoms. The molecule has 0 bridgehead atoms. The lowest BCUT2D eigenvalue weighted by Crippen LogP contribution is -2.40. The van der Waals surface area contributed by atoms with Gasteiger partial charge in [0.2, 0.25) is 19.1 Å². The van der Waals surface area contributed by atoms with E-state index in [4.69, 9.17) is 9.47 Å². The van der Waals surface area contributed by atoms with E-state index in [2.05, 4.69) is 40.3 Å². The molecule has 0 saturated carbocycles. The Bertz CT molecular complexity index is 1090. The smallest absolute Gasteiger partial charge is 0.229 e. The minimum Gasteiger partial charge on any atom is -0.373 e. The van der Waals surface area contributed by atoms with Crippen LogP contribution in [0.3, 0.4) is 0 Å². The highest BCUT2D eigenvalue weighted by Crippen LogP contribution is 2.17. The lowest BCUT2D eigenvalue weighted by molar-refractivity contribution is 0.0103. The van der Waals surface area contributed by atoms with Gasteiger partial charge in [0.15, 0.2) is 0 Å². The lowest BCUT2D eigenvalue weighted by Gasteiger charge is -2.30. The standard InChI is InChI=1S/C13H19NO3S.C12H17NO.CH3ClO2S.ClH/c1-18(15,16)14-9-7-13(8-10-14)17-11-12-5-3-2-4-6-12;1-2-4-11(5-3-1)10-14-12-6-8-13-9-7-12;1-5(2,3)4;/h2-6,13H,7-11H2,1H3;1-5,12-13H,6-10H2;1H3;1H. The molecule has 2 aromatic rings. The number of ether oxygens (including phenoxy) is 2. The number of benzene rings is 2. The zero-order valence-corrected chi connectivity index (χ0v) is 25.2. The second-order valence-electron chi connectivity index (χ2n) is 9.09. The summed E-state index contributed by atoms with van der Waals surface area (Å²) in [6, 6.07) is 20.4. The summed E-state index contributed by atoms with van der Waals surface area (Å²) < 4.78 is 54.7. The lowest BCUT2D eigenvalue weighted by atomic mass is 10.1. The molecule has 8 nitrogen and oxygen atoms in total. The van der Waals surface area contributed by atoms with Crippen molar-refractivity contribution in [3.63, 3.8) is 0 Å². The summed E-state index contributed by atoms with van der Waals surface area (Å²) >= 11 is 0. The van der Waals surface area contributed by atoms with Crippen LogP contribution in [0.4, 0.5) is 0 Å². The van der Waals surface area contributed by atoms with Gasteiger partial charge >= 0.3 is 0 Å². The molecule has 2 saturated heterocycles. The van der Waals surface area contributed by atoms with Crippen LogP contribution < -0.4 is 5.32 Å². The van der Waals surface area contributed by atoms with Gasteiger partial charge in [0.25, 0.3) is 0 Å². The van der Waals surface area contributed by atoms with Crippen molar-refractivity contribution in [3.05, 3.63) is 71.8 Å². The zero-order chi connectivity index (χ0) is 27.2. The third kappa shape index (κ3) is 16.7. The number of piperidine rings is 2. The summed E-state index contributed by atoms with van der Waals surface area (Å²) in [5.74, 6) is 0. The average molecular weight is 612 g/mol. The highest BCUT2D eigenvalue weighted by molar-refractivity contribution is 8.13. The number of nitrogens with one attached hydrogen (secondary N) is 1. The SMILES string of the molecule is CS(=O)(=O)Cl.CS(=O)(=O)N1CCC(OCc2ccccc2)CC1.Cl.c1ccc(COC2CCNCC2)cc1. The van der Waals surface area contributed by atoms with E-state index in [1.807, 2.05) is 36.4 Å². The molecule has 4 rings (SSSR count). The molecule has 12 heteroatoms. The Morgan fingerprint density at radius 2 is 1.13 bits per heavy atom. The molecule has 0 spiro atoms. The van der Waals surface area contributed by atoms with Crippen molar-refractivity contribution in [3.8, 4) is 0 Å². The number of nitrogens with zero attached hydrogens (tertiary/aromatic N) is 1. The van der Waals surface area contributed by atoms with Crippen LogP contribution in [0.15, 0.2) is 60.7 Å². The Kier molecular flexibility index (Phi) is 16.6. The number of rotatable bonds is 7. The molecule has 0 aromatic heterocycles. The van der Waals surface area contributed by atoms with Crippen LogP contribution in [-0.2, 0) is 41.8 Å². The molecule has 2 heterocycles. The summed E-state index contributed by atoms with van der Waals surface area (Å²) in [4.78, 5) is 0. The second kappa shape index (κ2) is 18.2. The predicted molar refractivity (Wildman–Crippen MR) is 156 cm³/mol. The maximum Gasteiger partial charge on any atom is 0.229 e. The fourth-order valence-corrected chi connectivity index (χ4v) is 4.74. The fraction of sp³-hybridized carbons (Fsp3) is 0.538.